The molecule has 138 valence electrons. The Labute approximate surface area is 149 Å². The minimum Gasteiger partial charge on any atom is -0.349 e. The van der Waals surface area contributed by atoms with E-state index >= 15 is 0 Å². The summed E-state index contributed by atoms with van der Waals surface area (Å²) in [5.74, 6) is 0.483. The van der Waals surface area contributed by atoms with Gasteiger partial charge in [-0.15, -0.1) is 0 Å². The number of carbonyl (C=O) groups is 1. The van der Waals surface area contributed by atoms with E-state index < -0.39 is 10.0 Å². The number of nitrogens with two attached hydrogens (primary N) is 1. The Morgan fingerprint density at radius 3 is 2.36 bits per heavy atom. The van der Waals surface area contributed by atoms with Crippen LogP contribution in [0.2, 0.25) is 0 Å². The summed E-state index contributed by atoms with van der Waals surface area (Å²) in [5.41, 5.74) is 6.47. The number of hydrogen-bond acceptors (Lipinski definition) is 4. The van der Waals surface area contributed by atoms with Gasteiger partial charge in [-0.25, -0.2) is 13.1 Å². The van der Waals surface area contributed by atoms with Crippen LogP contribution in [0.5, 0.6) is 0 Å². The third-order valence-corrected chi connectivity index (χ3v) is 6.64. The first-order valence-electron chi connectivity index (χ1n) is 8.95. The Kier molecular flexibility index (Phi) is 5.18. The molecule has 0 bridgehead atoms. The zero-order valence-corrected chi connectivity index (χ0v) is 15.4. The quantitative estimate of drug-likeness (QED) is 0.614. The molecular formula is C18H27N3O3S. The second-order valence-corrected chi connectivity index (χ2v) is 9.20. The van der Waals surface area contributed by atoms with Gasteiger partial charge in [0.05, 0.1) is 10.4 Å². The van der Waals surface area contributed by atoms with Crippen LogP contribution >= 0.6 is 0 Å². The van der Waals surface area contributed by atoms with Gasteiger partial charge < -0.3 is 11.1 Å². The van der Waals surface area contributed by atoms with Gasteiger partial charge in [0, 0.05) is 19.0 Å². The van der Waals surface area contributed by atoms with Gasteiger partial charge in [-0.2, -0.15) is 0 Å². The summed E-state index contributed by atoms with van der Waals surface area (Å²) < 4.78 is 26.9. The smallest absolute Gasteiger partial charge is 0.240 e. The van der Waals surface area contributed by atoms with Gasteiger partial charge in [-0.1, -0.05) is 12.1 Å². The van der Waals surface area contributed by atoms with Crippen molar-refractivity contribution in [2.24, 2.45) is 11.7 Å². The molecule has 0 aliphatic heterocycles. The van der Waals surface area contributed by atoms with E-state index in [0.717, 1.165) is 31.2 Å². The number of carbonyl (C=O) groups excluding carboxylic acids is 1. The van der Waals surface area contributed by atoms with E-state index in [-0.39, 0.29) is 22.4 Å². The molecule has 0 spiro atoms. The molecule has 1 aromatic rings. The Morgan fingerprint density at radius 2 is 1.84 bits per heavy atom. The Bertz CT molecular complexity index is 724. The predicted molar refractivity (Wildman–Crippen MR) is 96.4 cm³/mol. The number of rotatable bonds is 9. The van der Waals surface area contributed by atoms with Gasteiger partial charge >= 0.3 is 0 Å². The minimum atomic E-state index is -3.42. The standard InChI is InChI=1S/C18H27N3O3S/c1-18(12-19,14-5-6-14)20-17(22)11-4-13-2-9-16(10-3-13)25(23,24)21-15-7-8-15/h2-3,9-10,14-15,21H,4-8,11-12,19H2,1H3,(H,20,22). The lowest BCUT2D eigenvalue weighted by Gasteiger charge is -2.29. The molecule has 2 aliphatic carbocycles. The molecule has 1 amide bonds. The molecule has 4 N–H and O–H groups in total. The molecule has 3 rings (SSSR count). The van der Waals surface area contributed by atoms with Gasteiger partial charge in [0.2, 0.25) is 15.9 Å². The lowest BCUT2D eigenvalue weighted by Crippen LogP contribution is -2.53. The van der Waals surface area contributed by atoms with Crippen LogP contribution in [0.25, 0.3) is 0 Å². The van der Waals surface area contributed by atoms with Gasteiger partial charge in [-0.3, -0.25) is 4.79 Å². The predicted octanol–water partition coefficient (Wildman–Crippen LogP) is 1.30. The van der Waals surface area contributed by atoms with Crippen molar-refractivity contribution >= 4 is 15.9 Å². The second-order valence-electron chi connectivity index (χ2n) is 7.48. The molecule has 1 atom stereocenters. The maximum atomic E-state index is 12.2. The van der Waals surface area contributed by atoms with Crippen molar-refractivity contribution in [2.45, 2.75) is 61.9 Å². The molecule has 0 radical (unpaired) electrons. The fourth-order valence-electron chi connectivity index (χ4n) is 3.00. The lowest BCUT2D eigenvalue weighted by molar-refractivity contribution is -0.123. The van der Waals surface area contributed by atoms with Crippen molar-refractivity contribution in [1.29, 1.82) is 0 Å². The van der Waals surface area contributed by atoms with E-state index in [4.69, 9.17) is 5.73 Å². The summed E-state index contributed by atoms with van der Waals surface area (Å²) >= 11 is 0. The molecular weight excluding hydrogens is 338 g/mol. The van der Waals surface area contributed by atoms with E-state index in [9.17, 15) is 13.2 Å². The zero-order chi connectivity index (χ0) is 18.1. The Hall–Kier alpha value is -1.44. The summed E-state index contributed by atoms with van der Waals surface area (Å²) in [6, 6.07) is 6.85. The largest absolute Gasteiger partial charge is 0.349 e. The SMILES string of the molecule is CC(CN)(NC(=O)CCc1ccc(S(=O)(=O)NC2CC2)cc1)C1CC1. The van der Waals surface area contributed by atoms with Crippen LogP contribution in [0, 0.1) is 5.92 Å². The molecule has 1 unspecified atom stereocenters. The van der Waals surface area contributed by atoms with Crippen molar-refractivity contribution in [1.82, 2.24) is 10.0 Å². The van der Waals surface area contributed by atoms with Crippen LogP contribution in [-0.4, -0.2) is 32.5 Å². The van der Waals surface area contributed by atoms with Crippen molar-refractivity contribution < 1.29 is 13.2 Å². The van der Waals surface area contributed by atoms with Crippen LogP contribution in [0.1, 0.15) is 44.6 Å². The summed E-state index contributed by atoms with van der Waals surface area (Å²) in [4.78, 5) is 12.5. The summed E-state index contributed by atoms with van der Waals surface area (Å²) in [6.45, 7) is 2.46. The lowest BCUT2D eigenvalue weighted by atomic mass is 9.95. The highest BCUT2D eigenvalue weighted by molar-refractivity contribution is 7.89. The van der Waals surface area contributed by atoms with Crippen LogP contribution < -0.4 is 15.8 Å². The zero-order valence-electron chi connectivity index (χ0n) is 14.6. The molecule has 0 aromatic heterocycles. The third kappa shape index (κ3) is 4.80. The first kappa shape index (κ1) is 18.4. The average molecular weight is 365 g/mol. The number of amides is 1. The molecule has 2 aliphatic rings. The number of benzene rings is 1. The highest BCUT2D eigenvalue weighted by Crippen LogP contribution is 2.39. The highest BCUT2D eigenvalue weighted by Gasteiger charge is 2.41. The van der Waals surface area contributed by atoms with E-state index in [0.29, 0.717) is 25.3 Å². The molecule has 2 saturated carbocycles. The summed E-state index contributed by atoms with van der Waals surface area (Å²) in [7, 11) is -3.42. The fraction of sp³-hybridized carbons (Fsp3) is 0.611. The van der Waals surface area contributed by atoms with Gasteiger partial charge in [0.25, 0.3) is 0 Å². The molecule has 1 aromatic carbocycles. The Balaban J connectivity index is 1.52. The molecule has 7 heteroatoms. The minimum absolute atomic E-state index is 0.00746. The molecule has 6 nitrogen and oxygen atoms in total. The van der Waals surface area contributed by atoms with Crippen molar-refractivity contribution in [3.8, 4) is 0 Å². The van der Waals surface area contributed by atoms with Crippen LogP contribution in [-0.2, 0) is 21.2 Å². The summed E-state index contributed by atoms with van der Waals surface area (Å²) in [5, 5.41) is 3.07. The fourth-order valence-corrected chi connectivity index (χ4v) is 4.31. The first-order chi connectivity index (χ1) is 11.8. The second kappa shape index (κ2) is 7.05. The van der Waals surface area contributed by atoms with Crippen LogP contribution in [0.4, 0.5) is 0 Å². The first-order valence-corrected chi connectivity index (χ1v) is 10.4. The van der Waals surface area contributed by atoms with Gasteiger partial charge in [-0.05, 0) is 62.6 Å². The monoisotopic (exact) mass is 365 g/mol. The molecule has 0 saturated heterocycles. The van der Waals surface area contributed by atoms with Crippen molar-refractivity contribution in [3.63, 3.8) is 0 Å². The van der Waals surface area contributed by atoms with Crippen LogP contribution in [0.15, 0.2) is 29.2 Å². The average Bonchev–Trinajstić information content (AvgIpc) is 3.45. The van der Waals surface area contributed by atoms with Crippen molar-refractivity contribution in [3.05, 3.63) is 29.8 Å². The maximum absolute atomic E-state index is 12.2. The topological polar surface area (TPSA) is 101 Å². The summed E-state index contributed by atoms with van der Waals surface area (Å²) in [6.07, 6.45) is 5.02. The number of hydrogen-bond donors (Lipinski definition) is 3. The Morgan fingerprint density at radius 1 is 1.20 bits per heavy atom. The normalized spacial score (nSPS) is 20.1. The van der Waals surface area contributed by atoms with Gasteiger partial charge in [0.1, 0.15) is 0 Å². The number of aryl methyl sites for hydroxylation is 1. The number of nitrogens with one attached hydrogen (secondary N) is 2. The maximum Gasteiger partial charge on any atom is 0.240 e. The third-order valence-electron chi connectivity index (χ3n) is 5.10. The van der Waals surface area contributed by atoms with Crippen molar-refractivity contribution in [2.75, 3.05) is 6.54 Å². The molecule has 2 fully saturated rings. The molecule has 25 heavy (non-hydrogen) atoms. The van der Waals surface area contributed by atoms with Crippen LogP contribution in [0.3, 0.4) is 0 Å². The van der Waals surface area contributed by atoms with Gasteiger partial charge in [0.15, 0.2) is 0 Å². The molecule has 0 heterocycles. The highest BCUT2D eigenvalue weighted by atomic mass is 32.2. The van der Waals surface area contributed by atoms with E-state index in [1.165, 1.54) is 0 Å². The van der Waals surface area contributed by atoms with E-state index in [2.05, 4.69) is 10.0 Å². The van der Waals surface area contributed by atoms with E-state index in [1.54, 1.807) is 24.3 Å². The number of sulfonamides is 1. The van der Waals surface area contributed by atoms with E-state index in [1.807, 2.05) is 6.92 Å².